The molecule has 0 aliphatic carbocycles. The lowest BCUT2D eigenvalue weighted by Crippen LogP contribution is -2.44. The van der Waals surface area contributed by atoms with Gasteiger partial charge in [-0.3, -0.25) is 19.3 Å². The number of piperidine rings is 1. The summed E-state index contributed by atoms with van der Waals surface area (Å²) in [4.78, 5) is 40.3. The summed E-state index contributed by atoms with van der Waals surface area (Å²) < 4.78 is 5.77. The van der Waals surface area contributed by atoms with Gasteiger partial charge in [0.15, 0.2) is 0 Å². The zero-order valence-electron chi connectivity index (χ0n) is 15.9. The molecule has 3 heterocycles. The quantitative estimate of drug-likeness (QED) is 0.573. The van der Waals surface area contributed by atoms with E-state index in [4.69, 9.17) is 27.6 Å². The number of benzene rings is 1. The fourth-order valence-electron chi connectivity index (χ4n) is 3.41. The number of nitrogens with zero attached hydrogens (tertiary/aromatic N) is 2. The van der Waals surface area contributed by atoms with Gasteiger partial charge in [0.05, 0.1) is 15.0 Å². The Hall–Kier alpha value is -2.22. The van der Waals surface area contributed by atoms with E-state index in [2.05, 4.69) is 0 Å². The van der Waals surface area contributed by atoms with Crippen molar-refractivity contribution in [2.75, 3.05) is 19.6 Å². The molecule has 0 unspecified atom stereocenters. The number of carbonyl (C=O) groups is 3. The number of likely N-dealkylation sites (tertiary alicyclic amines) is 1. The van der Waals surface area contributed by atoms with Crippen molar-refractivity contribution in [2.45, 2.75) is 19.3 Å². The van der Waals surface area contributed by atoms with Crippen molar-refractivity contribution < 1.29 is 18.8 Å². The number of halogens is 2. The van der Waals surface area contributed by atoms with Crippen molar-refractivity contribution in [1.29, 1.82) is 0 Å². The fourth-order valence-corrected chi connectivity index (χ4v) is 4.63. The molecular weight excluding hydrogens is 447 g/mol. The molecule has 0 bridgehead atoms. The van der Waals surface area contributed by atoms with Gasteiger partial charge in [0.25, 0.3) is 11.1 Å². The molecule has 2 fully saturated rings. The Balaban J connectivity index is 1.49. The predicted molar refractivity (Wildman–Crippen MR) is 117 cm³/mol. The molecule has 0 N–H and O–H groups in total. The molecule has 30 heavy (non-hydrogen) atoms. The van der Waals surface area contributed by atoms with Crippen molar-refractivity contribution >= 4 is 58.1 Å². The second-order valence-corrected chi connectivity index (χ2v) is 8.79. The molecule has 2 aliphatic rings. The molecule has 1 aromatic heterocycles. The van der Waals surface area contributed by atoms with Gasteiger partial charge in [0.2, 0.25) is 5.91 Å². The molecule has 0 spiro atoms. The third-order valence-electron chi connectivity index (χ3n) is 4.99. The molecular formula is C21H18Cl2N2O4S. The predicted octanol–water partition coefficient (Wildman–Crippen LogP) is 5.30. The van der Waals surface area contributed by atoms with Crippen LogP contribution in [0, 0.1) is 0 Å². The van der Waals surface area contributed by atoms with Crippen LogP contribution in [0.5, 0.6) is 0 Å². The van der Waals surface area contributed by atoms with Crippen molar-refractivity contribution in [2.24, 2.45) is 0 Å². The molecule has 2 saturated heterocycles. The maximum absolute atomic E-state index is 12.7. The summed E-state index contributed by atoms with van der Waals surface area (Å²) in [6.07, 6.45) is 4.49. The largest absolute Gasteiger partial charge is 0.457 e. The second kappa shape index (κ2) is 8.88. The van der Waals surface area contributed by atoms with Gasteiger partial charge in [0.1, 0.15) is 18.1 Å². The first-order valence-electron chi connectivity index (χ1n) is 9.51. The Morgan fingerprint density at radius 2 is 1.87 bits per heavy atom. The van der Waals surface area contributed by atoms with Gasteiger partial charge in [-0.05, 0) is 55.3 Å². The van der Waals surface area contributed by atoms with Crippen LogP contribution in [-0.2, 0) is 9.59 Å². The molecule has 1 aromatic carbocycles. The summed E-state index contributed by atoms with van der Waals surface area (Å²) in [7, 11) is 0. The average Bonchev–Trinajstić information content (AvgIpc) is 3.31. The van der Waals surface area contributed by atoms with Gasteiger partial charge in [-0.25, -0.2) is 0 Å². The molecule has 156 valence electrons. The van der Waals surface area contributed by atoms with Gasteiger partial charge < -0.3 is 9.32 Å². The third kappa shape index (κ3) is 4.29. The van der Waals surface area contributed by atoms with Gasteiger partial charge in [-0.15, -0.1) is 0 Å². The SMILES string of the molecule is O=C(CN1C(=O)S/C(=C/c2ccc(-c3cccc(Cl)c3Cl)o2)C1=O)N1CCCCC1. The summed E-state index contributed by atoms with van der Waals surface area (Å²) in [5.41, 5.74) is 0.629. The van der Waals surface area contributed by atoms with Crippen molar-refractivity contribution in [3.05, 3.63) is 51.0 Å². The van der Waals surface area contributed by atoms with Gasteiger partial charge in [-0.1, -0.05) is 29.3 Å². The number of carbonyl (C=O) groups excluding carboxylic acids is 3. The summed E-state index contributed by atoms with van der Waals surface area (Å²) in [5, 5.41) is 0.324. The van der Waals surface area contributed by atoms with Crippen LogP contribution in [0.25, 0.3) is 17.4 Å². The van der Waals surface area contributed by atoms with Crippen molar-refractivity contribution in [3.63, 3.8) is 0 Å². The normalized spacial score (nSPS) is 18.5. The Kier molecular flexibility index (Phi) is 6.22. The minimum atomic E-state index is -0.492. The minimum Gasteiger partial charge on any atom is -0.457 e. The van der Waals surface area contributed by atoms with E-state index in [1.807, 2.05) is 0 Å². The highest BCUT2D eigenvalue weighted by Gasteiger charge is 2.37. The third-order valence-corrected chi connectivity index (χ3v) is 6.72. The highest BCUT2D eigenvalue weighted by atomic mass is 35.5. The van der Waals surface area contributed by atoms with E-state index in [0.29, 0.717) is 40.2 Å². The zero-order chi connectivity index (χ0) is 21.3. The number of thioether (sulfide) groups is 1. The summed E-state index contributed by atoms with van der Waals surface area (Å²) in [5.74, 6) is 0.199. The van der Waals surface area contributed by atoms with E-state index >= 15 is 0 Å². The maximum atomic E-state index is 12.7. The van der Waals surface area contributed by atoms with Gasteiger partial charge >= 0.3 is 0 Å². The summed E-state index contributed by atoms with van der Waals surface area (Å²) >= 11 is 13.1. The molecule has 0 atom stereocenters. The molecule has 0 saturated carbocycles. The number of hydrogen-bond donors (Lipinski definition) is 0. The van der Waals surface area contributed by atoms with Crippen LogP contribution in [0.3, 0.4) is 0 Å². The number of rotatable bonds is 4. The van der Waals surface area contributed by atoms with E-state index < -0.39 is 11.1 Å². The highest BCUT2D eigenvalue weighted by Crippen LogP contribution is 2.36. The van der Waals surface area contributed by atoms with Gasteiger partial charge in [0, 0.05) is 24.7 Å². The van der Waals surface area contributed by atoms with Crippen LogP contribution in [0.2, 0.25) is 10.0 Å². The van der Waals surface area contributed by atoms with E-state index in [9.17, 15) is 14.4 Å². The molecule has 2 aromatic rings. The van der Waals surface area contributed by atoms with Crippen molar-refractivity contribution in [3.8, 4) is 11.3 Å². The van der Waals surface area contributed by atoms with Gasteiger partial charge in [-0.2, -0.15) is 0 Å². The standard InChI is InChI=1S/C21H18Cl2N2O4S/c22-15-6-4-5-14(19(15)23)16-8-7-13(29-16)11-17-20(27)25(21(28)30-17)12-18(26)24-9-2-1-3-10-24/h4-8,11H,1-3,9-10,12H2/b17-11+. The summed E-state index contributed by atoms with van der Waals surface area (Å²) in [6, 6.07) is 8.61. The van der Waals surface area contributed by atoms with Crippen LogP contribution in [0.15, 0.2) is 39.7 Å². The molecule has 2 aliphatic heterocycles. The van der Waals surface area contributed by atoms with Crippen LogP contribution in [0.1, 0.15) is 25.0 Å². The lowest BCUT2D eigenvalue weighted by Gasteiger charge is -2.27. The molecule has 4 rings (SSSR count). The Morgan fingerprint density at radius 3 is 2.63 bits per heavy atom. The number of hydrogen-bond acceptors (Lipinski definition) is 5. The lowest BCUT2D eigenvalue weighted by molar-refractivity contribution is -0.136. The monoisotopic (exact) mass is 464 g/mol. The van der Waals surface area contributed by atoms with Crippen LogP contribution < -0.4 is 0 Å². The Bertz CT molecular complexity index is 1040. The zero-order valence-corrected chi connectivity index (χ0v) is 18.2. The van der Waals surface area contributed by atoms with E-state index in [-0.39, 0.29) is 17.4 Å². The number of amides is 3. The number of furan rings is 1. The van der Waals surface area contributed by atoms with Crippen LogP contribution in [0.4, 0.5) is 4.79 Å². The molecule has 9 heteroatoms. The smallest absolute Gasteiger partial charge is 0.294 e. The van der Waals surface area contributed by atoms with E-state index in [0.717, 1.165) is 35.9 Å². The maximum Gasteiger partial charge on any atom is 0.294 e. The number of imide groups is 1. The topological polar surface area (TPSA) is 70.8 Å². The summed E-state index contributed by atoms with van der Waals surface area (Å²) in [6.45, 7) is 1.11. The van der Waals surface area contributed by atoms with Crippen LogP contribution in [-0.4, -0.2) is 46.5 Å². The fraction of sp³-hybridized carbons (Fsp3) is 0.286. The Labute approximate surface area is 187 Å². The van der Waals surface area contributed by atoms with E-state index in [1.165, 1.54) is 6.08 Å². The lowest BCUT2D eigenvalue weighted by atomic mass is 10.1. The minimum absolute atomic E-state index is 0.200. The Morgan fingerprint density at radius 1 is 1.10 bits per heavy atom. The first-order chi connectivity index (χ1) is 14.4. The van der Waals surface area contributed by atoms with E-state index in [1.54, 1.807) is 35.2 Å². The molecule has 6 nitrogen and oxygen atoms in total. The molecule has 3 amide bonds. The average molecular weight is 465 g/mol. The first kappa shape index (κ1) is 21.0. The first-order valence-corrected chi connectivity index (χ1v) is 11.1. The van der Waals surface area contributed by atoms with Crippen LogP contribution >= 0.6 is 35.0 Å². The second-order valence-electron chi connectivity index (χ2n) is 7.01. The molecule has 0 radical (unpaired) electrons. The van der Waals surface area contributed by atoms with Crippen molar-refractivity contribution in [1.82, 2.24) is 9.80 Å². The highest BCUT2D eigenvalue weighted by molar-refractivity contribution is 8.18.